The van der Waals surface area contributed by atoms with Crippen LogP contribution in [0.15, 0.2) is 158 Å². The summed E-state index contributed by atoms with van der Waals surface area (Å²) in [4.78, 5) is 2.66. The second kappa shape index (κ2) is 12.5. The van der Waals surface area contributed by atoms with Gasteiger partial charge in [0.2, 0.25) is 0 Å². The Bertz CT molecular complexity index is 3020. The van der Waals surface area contributed by atoms with E-state index in [-0.39, 0.29) is 10.8 Å². The Morgan fingerprint density at radius 3 is 1.17 bits per heavy atom. The van der Waals surface area contributed by atoms with Crippen molar-refractivity contribution < 1.29 is 0 Å². The Labute approximate surface area is 377 Å². The second-order valence-electron chi connectivity index (χ2n) is 22.1. The summed E-state index contributed by atoms with van der Waals surface area (Å²) in [7, 11) is 0. The summed E-state index contributed by atoms with van der Waals surface area (Å²) in [6, 6.07) is 62.1. The Hall–Kier alpha value is -5.86. The van der Waals surface area contributed by atoms with E-state index in [1.165, 1.54) is 131 Å². The third kappa shape index (κ3) is 4.35. The van der Waals surface area contributed by atoms with Crippen molar-refractivity contribution in [1.29, 1.82) is 0 Å². The standard InChI is InChI=1S/C62H54N2/c1-5-13-55-49(9-1)51-23-21-47(35-57(51)61(55)41-27-37-25-38(29-41)30-42(61)28-37)63(45-17-19-46(20-18-45)64-59-15-7-3-11-53(59)54-12-4-8-16-60(54)64)48-22-24-52-50-10-2-6-14-56(50)62(58(52)36-48)43-31-39-26-40(33-43)34-44(62)32-39/h1-24,35-44H,25-34H2. The smallest absolute Gasteiger partial charge is 0.0541 e. The molecule has 8 aromatic rings. The van der Waals surface area contributed by atoms with Crippen LogP contribution in [-0.2, 0) is 10.8 Å². The lowest BCUT2D eigenvalue weighted by molar-refractivity contribution is -0.0399. The number of rotatable bonds is 4. The van der Waals surface area contributed by atoms with E-state index < -0.39 is 0 Å². The maximum absolute atomic E-state index is 2.71. The van der Waals surface area contributed by atoms with Crippen molar-refractivity contribution in [3.8, 4) is 27.9 Å². The van der Waals surface area contributed by atoms with E-state index in [4.69, 9.17) is 0 Å². The molecule has 0 radical (unpaired) electrons. The molecule has 0 amide bonds. The number of fused-ring (bicyclic) bond motifs is 9. The number of para-hydroxylation sites is 2. The number of hydrogen-bond donors (Lipinski definition) is 0. The quantitative estimate of drug-likeness (QED) is 0.172. The van der Waals surface area contributed by atoms with Crippen molar-refractivity contribution in [2.24, 2.45) is 47.3 Å². The molecule has 8 saturated carbocycles. The fourth-order valence-corrected chi connectivity index (χ4v) is 18.0. The minimum Gasteiger partial charge on any atom is -0.310 e. The zero-order valence-corrected chi connectivity index (χ0v) is 36.6. The second-order valence-corrected chi connectivity index (χ2v) is 22.1. The summed E-state index contributed by atoms with van der Waals surface area (Å²) in [5.41, 5.74) is 20.3. The Morgan fingerprint density at radius 2 is 0.719 bits per heavy atom. The van der Waals surface area contributed by atoms with E-state index in [9.17, 15) is 0 Å². The molecule has 2 spiro atoms. The van der Waals surface area contributed by atoms with Crippen molar-refractivity contribution >= 4 is 38.9 Å². The molecular formula is C62H54N2. The van der Waals surface area contributed by atoms with Gasteiger partial charge in [0, 0.05) is 44.4 Å². The molecule has 10 aliphatic carbocycles. The van der Waals surface area contributed by atoms with Gasteiger partial charge in [0.05, 0.1) is 11.0 Å². The summed E-state index contributed by atoms with van der Waals surface area (Å²) in [5, 5.41) is 2.61. The van der Waals surface area contributed by atoms with E-state index in [1.807, 2.05) is 0 Å². The molecule has 10 aliphatic rings. The van der Waals surface area contributed by atoms with Gasteiger partial charge in [-0.15, -0.1) is 0 Å². The van der Waals surface area contributed by atoms with Crippen molar-refractivity contribution in [3.63, 3.8) is 0 Å². The van der Waals surface area contributed by atoms with Gasteiger partial charge in [-0.2, -0.15) is 0 Å². The maximum atomic E-state index is 2.71. The molecule has 312 valence electrons. The minimum atomic E-state index is 0.117. The topological polar surface area (TPSA) is 8.17 Å². The first-order chi connectivity index (χ1) is 31.6. The Kier molecular flexibility index (Phi) is 6.92. The molecule has 2 nitrogen and oxygen atoms in total. The molecule has 18 rings (SSSR count). The lowest BCUT2D eigenvalue weighted by atomic mass is 9.43. The lowest BCUT2D eigenvalue weighted by Crippen LogP contribution is -2.55. The van der Waals surface area contributed by atoms with E-state index in [0.717, 1.165) is 47.3 Å². The molecule has 0 atom stereocenters. The van der Waals surface area contributed by atoms with E-state index in [2.05, 4.69) is 167 Å². The highest BCUT2D eigenvalue weighted by molar-refractivity contribution is 6.09. The largest absolute Gasteiger partial charge is 0.310 e. The number of hydrogen-bond acceptors (Lipinski definition) is 1. The average molecular weight is 827 g/mol. The number of nitrogens with zero attached hydrogens (tertiary/aromatic N) is 2. The van der Waals surface area contributed by atoms with Gasteiger partial charge in [-0.1, -0.05) is 97.1 Å². The number of anilines is 3. The van der Waals surface area contributed by atoms with Crippen LogP contribution in [0.3, 0.4) is 0 Å². The molecular weight excluding hydrogens is 773 g/mol. The average Bonchev–Trinajstić information content (AvgIpc) is 3.92. The maximum Gasteiger partial charge on any atom is 0.0541 e. The van der Waals surface area contributed by atoms with Gasteiger partial charge in [-0.3, -0.25) is 0 Å². The number of aromatic nitrogens is 1. The fraction of sp³-hybridized carbons (Fsp3) is 0.323. The van der Waals surface area contributed by atoms with Crippen molar-refractivity contribution in [1.82, 2.24) is 4.57 Å². The Morgan fingerprint density at radius 1 is 0.344 bits per heavy atom. The van der Waals surface area contributed by atoms with Crippen LogP contribution >= 0.6 is 0 Å². The molecule has 0 N–H and O–H groups in total. The van der Waals surface area contributed by atoms with Crippen molar-refractivity contribution in [2.75, 3.05) is 4.90 Å². The third-order valence-corrected chi connectivity index (χ3v) is 19.5. The monoisotopic (exact) mass is 826 g/mol. The van der Waals surface area contributed by atoms with Gasteiger partial charge >= 0.3 is 0 Å². The van der Waals surface area contributed by atoms with Crippen molar-refractivity contribution in [3.05, 3.63) is 180 Å². The van der Waals surface area contributed by atoms with Crippen LogP contribution in [0.25, 0.3) is 49.7 Å². The predicted octanol–water partition coefficient (Wildman–Crippen LogP) is 15.7. The number of benzene rings is 7. The first-order valence-electron chi connectivity index (χ1n) is 25.0. The minimum absolute atomic E-state index is 0.117. The molecule has 8 fully saturated rings. The van der Waals surface area contributed by atoms with E-state index in [0.29, 0.717) is 0 Å². The first kappa shape index (κ1) is 35.5. The Balaban J connectivity index is 0.907. The normalized spacial score (nSPS) is 31.6. The van der Waals surface area contributed by atoms with Crippen molar-refractivity contribution in [2.45, 2.75) is 75.0 Å². The zero-order chi connectivity index (χ0) is 41.5. The molecule has 64 heavy (non-hydrogen) atoms. The van der Waals surface area contributed by atoms with Crippen LogP contribution in [0.4, 0.5) is 17.1 Å². The summed E-state index contributed by atoms with van der Waals surface area (Å²) >= 11 is 0. The molecule has 2 heteroatoms. The lowest BCUT2D eigenvalue weighted by Gasteiger charge is -2.61. The molecule has 7 aromatic carbocycles. The first-order valence-corrected chi connectivity index (χ1v) is 25.0. The predicted molar refractivity (Wildman–Crippen MR) is 262 cm³/mol. The third-order valence-electron chi connectivity index (χ3n) is 19.5. The zero-order valence-electron chi connectivity index (χ0n) is 36.6. The van der Waals surface area contributed by atoms with Crippen LogP contribution in [0.1, 0.15) is 86.5 Å². The fourth-order valence-electron chi connectivity index (χ4n) is 18.0. The summed E-state index contributed by atoms with van der Waals surface area (Å²) in [5.74, 6) is 6.61. The van der Waals surface area contributed by atoms with Crippen LogP contribution in [0, 0.1) is 47.3 Å². The van der Waals surface area contributed by atoms with Gasteiger partial charge in [0.1, 0.15) is 0 Å². The van der Waals surface area contributed by atoms with Crippen LogP contribution < -0.4 is 4.90 Å². The van der Waals surface area contributed by atoms with Crippen LogP contribution in [0.5, 0.6) is 0 Å². The molecule has 1 aromatic heterocycles. The summed E-state index contributed by atoms with van der Waals surface area (Å²) in [6.07, 6.45) is 14.1. The van der Waals surface area contributed by atoms with Crippen LogP contribution in [-0.4, -0.2) is 4.57 Å². The van der Waals surface area contributed by atoms with Gasteiger partial charge in [0.25, 0.3) is 0 Å². The molecule has 0 unspecified atom stereocenters. The molecule has 0 aliphatic heterocycles. The highest BCUT2D eigenvalue weighted by Crippen LogP contribution is 2.71. The summed E-state index contributed by atoms with van der Waals surface area (Å²) < 4.78 is 2.46. The highest BCUT2D eigenvalue weighted by Gasteiger charge is 2.63. The van der Waals surface area contributed by atoms with Gasteiger partial charge in [-0.05, 0) is 217 Å². The van der Waals surface area contributed by atoms with Gasteiger partial charge in [0.15, 0.2) is 0 Å². The molecule has 1 heterocycles. The highest BCUT2D eigenvalue weighted by atomic mass is 15.1. The molecule has 0 saturated heterocycles. The SMILES string of the molecule is c1ccc2c(c1)-c1ccc(N(c3ccc(-n4c5ccccc5c5ccccc54)cc3)c3ccc4c(c3)C3(c5ccccc5-4)C4CC5CC(C4)CC3C5)cc1C21C2CC3CC(C2)CC1C3. The van der Waals surface area contributed by atoms with E-state index >= 15 is 0 Å². The van der Waals surface area contributed by atoms with E-state index in [1.54, 1.807) is 22.3 Å². The molecule has 8 bridgehead atoms. The van der Waals surface area contributed by atoms with Gasteiger partial charge < -0.3 is 9.47 Å². The van der Waals surface area contributed by atoms with Crippen LogP contribution in [0.2, 0.25) is 0 Å². The summed E-state index contributed by atoms with van der Waals surface area (Å²) in [6.45, 7) is 0. The van der Waals surface area contributed by atoms with Gasteiger partial charge in [-0.25, -0.2) is 0 Å².